The number of imidazole rings is 1. The number of halogens is 1. The summed E-state index contributed by atoms with van der Waals surface area (Å²) in [5, 5.41) is 9.94. The first-order chi connectivity index (χ1) is 15.6. The summed E-state index contributed by atoms with van der Waals surface area (Å²) in [7, 11) is 1.50. The Morgan fingerprint density at radius 1 is 1.03 bits per heavy atom. The van der Waals surface area contributed by atoms with Gasteiger partial charge in [0.25, 0.3) is 0 Å². The van der Waals surface area contributed by atoms with Crippen molar-refractivity contribution in [3.05, 3.63) is 90.6 Å². The van der Waals surface area contributed by atoms with E-state index < -0.39 is 0 Å². The molecule has 3 aromatic heterocycles. The second-order valence-corrected chi connectivity index (χ2v) is 7.07. The molecule has 0 aliphatic heterocycles. The third kappa shape index (κ3) is 3.60. The molecule has 0 amide bonds. The summed E-state index contributed by atoms with van der Waals surface area (Å²) in [6.45, 7) is 0. The van der Waals surface area contributed by atoms with Gasteiger partial charge >= 0.3 is 0 Å². The Morgan fingerprint density at radius 2 is 1.84 bits per heavy atom. The number of ether oxygens (including phenoxy) is 1. The van der Waals surface area contributed by atoms with E-state index >= 15 is 0 Å². The smallest absolute Gasteiger partial charge is 0.165 e. The van der Waals surface area contributed by atoms with Gasteiger partial charge in [0.15, 0.2) is 17.3 Å². The normalized spacial score (nSPS) is 11.4. The summed E-state index contributed by atoms with van der Waals surface area (Å²) < 4.78 is 26.2. The molecule has 0 radical (unpaired) electrons. The average Bonchev–Trinajstić information content (AvgIpc) is 3.43. The number of rotatable bonds is 5. The molecule has 2 aromatic carbocycles. The number of hydrogen-bond donors (Lipinski definition) is 1. The topological polar surface area (TPSA) is 72.3 Å². The summed E-state index contributed by atoms with van der Waals surface area (Å²) >= 11 is 0. The first-order valence-electron chi connectivity index (χ1n) is 9.87. The van der Waals surface area contributed by atoms with Crippen molar-refractivity contribution in [1.29, 1.82) is 0 Å². The van der Waals surface area contributed by atoms with Crippen molar-refractivity contribution in [3.8, 4) is 34.1 Å². The molecule has 0 aliphatic carbocycles. The zero-order valence-electron chi connectivity index (χ0n) is 17.1. The van der Waals surface area contributed by atoms with Gasteiger partial charge in [0.1, 0.15) is 28.7 Å². The fourth-order valence-electron chi connectivity index (χ4n) is 3.44. The van der Waals surface area contributed by atoms with Crippen LogP contribution in [0, 0.1) is 5.82 Å². The SMILES string of the molecule is COc1cc(-c2nc3ccccn3c2N=Cc2ccc(-c3ccc(F)cc3)o2)ccc1O. The third-order valence-corrected chi connectivity index (χ3v) is 5.03. The van der Waals surface area contributed by atoms with E-state index in [-0.39, 0.29) is 11.6 Å². The number of pyridine rings is 1. The van der Waals surface area contributed by atoms with Crippen LogP contribution >= 0.6 is 0 Å². The van der Waals surface area contributed by atoms with Crippen molar-refractivity contribution < 1.29 is 18.7 Å². The Kier molecular flexibility index (Phi) is 4.91. The lowest BCUT2D eigenvalue weighted by atomic mass is 10.1. The maximum Gasteiger partial charge on any atom is 0.165 e. The second-order valence-electron chi connectivity index (χ2n) is 7.07. The highest BCUT2D eigenvalue weighted by atomic mass is 19.1. The van der Waals surface area contributed by atoms with Crippen LogP contribution in [-0.4, -0.2) is 27.8 Å². The third-order valence-electron chi connectivity index (χ3n) is 5.03. The summed E-state index contributed by atoms with van der Waals surface area (Å²) in [5.41, 5.74) is 2.89. The minimum Gasteiger partial charge on any atom is -0.504 e. The molecule has 6 nitrogen and oxygen atoms in total. The van der Waals surface area contributed by atoms with Gasteiger partial charge < -0.3 is 14.3 Å². The molecule has 158 valence electrons. The Hall–Kier alpha value is -4.39. The van der Waals surface area contributed by atoms with Gasteiger partial charge in [0, 0.05) is 17.3 Å². The van der Waals surface area contributed by atoms with Crippen molar-refractivity contribution in [2.75, 3.05) is 7.11 Å². The quantitative estimate of drug-likeness (QED) is 0.356. The lowest BCUT2D eigenvalue weighted by molar-refractivity contribution is 0.373. The molecular formula is C25H18FN3O3. The van der Waals surface area contributed by atoms with E-state index in [9.17, 15) is 9.50 Å². The van der Waals surface area contributed by atoms with E-state index in [1.165, 1.54) is 19.2 Å². The fourth-order valence-corrected chi connectivity index (χ4v) is 3.44. The molecular weight excluding hydrogens is 409 g/mol. The molecule has 32 heavy (non-hydrogen) atoms. The highest BCUT2D eigenvalue weighted by molar-refractivity contribution is 5.84. The summed E-state index contributed by atoms with van der Waals surface area (Å²) in [4.78, 5) is 9.37. The van der Waals surface area contributed by atoms with E-state index in [0.29, 0.717) is 28.8 Å². The number of aromatic nitrogens is 2. The number of methoxy groups -OCH3 is 1. The zero-order valence-corrected chi connectivity index (χ0v) is 17.1. The van der Waals surface area contributed by atoms with Gasteiger partial charge in [-0.05, 0) is 66.7 Å². The molecule has 0 saturated heterocycles. The average molecular weight is 427 g/mol. The molecule has 5 rings (SSSR count). The number of phenols is 1. The van der Waals surface area contributed by atoms with Gasteiger partial charge in [-0.3, -0.25) is 4.40 Å². The van der Waals surface area contributed by atoms with Crippen molar-refractivity contribution in [3.63, 3.8) is 0 Å². The first kappa shape index (κ1) is 19.6. The van der Waals surface area contributed by atoms with Crippen LogP contribution in [0.2, 0.25) is 0 Å². The number of fused-ring (bicyclic) bond motifs is 1. The monoisotopic (exact) mass is 427 g/mol. The minimum absolute atomic E-state index is 0.0500. The Labute approximate surface area is 182 Å². The maximum absolute atomic E-state index is 13.2. The van der Waals surface area contributed by atoms with Gasteiger partial charge in [-0.2, -0.15) is 0 Å². The molecule has 0 aliphatic rings. The van der Waals surface area contributed by atoms with Gasteiger partial charge in [0.2, 0.25) is 0 Å². The molecule has 1 N–H and O–H groups in total. The Bertz CT molecular complexity index is 1430. The molecule has 0 saturated carbocycles. The molecule has 0 atom stereocenters. The van der Waals surface area contributed by atoms with Crippen LogP contribution in [-0.2, 0) is 0 Å². The maximum atomic E-state index is 13.2. The number of aliphatic imine (C=N–C) groups is 1. The number of benzene rings is 2. The Morgan fingerprint density at radius 3 is 2.66 bits per heavy atom. The predicted octanol–water partition coefficient (Wildman–Crippen LogP) is 5.87. The van der Waals surface area contributed by atoms with Crippen molar-refractivity contribution in [2.45, 2.75) is 0 Å². The van der Waals surface area contributed by atoms with Gasteiger partial charge in [0.05, 0.1) is 13.3 Å². The molecule has 0 spiro atoms. The molecule has 0 fully saturated rings. The van der Waals surface area contributed by atoms with Crippen LogP contribution in [0.5, 0.6) is 11.5 Å². The standard InChI is InChI=1S/C25H18FN3O3/c1-31-22-14-17(7-11-20(22)30)24-25(29-13-3-2-4-23(29)28-24)27-15-19-10-12-21(32-19)16-5-8-18(26)9-6-16/h2-15,30H,1H3. The predicted molar refractivity (Wildman–Crippen MR) is 120 cm³/mol. The van der Waals surface area contributed by atoms with Crippen LogP contribution < -0.4 is 4.74 Å². The summed E-state index contributed by atoms with van der Waals surface area (Å²) in [6.07, 6.45) is 3.49. The van der Waals surface area contributed by atoms with E-state index in [2.05, 4.69) is 4.99 Å². The molecule has 3 heterocycles. The summed E-state index contributed by atoms with van der Waals surface area (Å²) in [6, 6.07) is 20.5. The molecule has 5 aromatic rings. The molecule has 0 bridgehead atoms. The highest BCUT2D eigenvalue weighted by Crippen LogP contribution is 2.36. The van der Waals surface area contributed by atoms with Crippen molar-refractivity contribution >= 4 is 17.7 Å². The fraction of sp³-hybridized carbons (Fsp3) is 0.0400. The van der Waals surface area contributed by atoms with E-state index in [4.69, 9.17) is 14.1 Å². The van der Waals surface area contributed by atoms with Crippen LogP contribution in [0.1, 0.15) is 5.76 Å². The van der Waals surface area contributed by atoms with Crippen LogP contribution in [0.15, 0.2) is 88.4 Å². The second kappa shape index (κ2) is 8.03. The molecule has 0 unspecified atom stereocenters. The largest absolute Gasteiger partial charge is 0.504 e. The van der Waals surface area contributed by atoms with Gasteiger partial charge in [-0.1, -0.05) is 6.07 Å². The lowest BCUT2D eigenvalue weighted by Gasteiger charge is -2.05. The number of hydrogen-bond acceptors (Lipinski definition) is 5. The van der Waals surface area contributed by atoms with Crippen molar-refractivity contribution in [2.24, 2.45) is 4.99 Å². The first-order valence-corrected chi connectivity index (χ1v) is 9.87. The number of nitrogens with zero attached hydrogens (tertiary/aromatic N) is 3. The summed E-state index contributed by atoms with van der Waals surface area (Å²) in [5.74, 6) is 1.87. The van der Waals surface area contributed by atoms with Crippen molar-refractivity contribution in [1.82, 2.24) is 9.38 Å². The van der Waals surface area contributed by atoms with Crippen LogP contribution in [0.25, 0.3) is 28.2 Å². The number of phenolic OH excluding ortho intramolecular Hbond substituents is 1. The van der Waals surface area contributed by atoms with Crippen LogP contribution in [0.4, 0.5) is 10.2 Å². The number of furan rings is 1. The Balaban J connectivity index is 1.55. The zero-order chi connectivity index (χ0) is 22.1. The van der Waals surface area contributed by atoms with Gasteiger partial charge in [-0.25, -0.2) is 14.4 Å². The minimum atomic E-state index is -0.298. The molecule has 7 heteroatoms. The van der Waals surface area contributed by atoms with Gasteiger partial charge in [-0.15, -0.1) is 0 Å². The van der Waals surface area contributed by atoms with Crippen LogP contribution in [0.3, 0.4) is 0 Å². The highest BCUT2D eigenvalue weighted by Gasteiger charge is 2.15. The number of aromatic hydroxyl groups is 1. The van der Waals surface area contributed by atoms with E-state index in [0.717, 1.165) is 16.8 Å². The van der Waals surface area contributed by atoms with E-state index in [1.807, 2.05) is 34.9 Å². The van der Waals surface area contributed by atoms with E-state index in [1.54, 1.807) is 42.6 Å². The lowest BCUT2D eigenvalue weighted by Crippen LogP contribution is -1.86.